The highest BCUT2D eigenvalue weighted by molar-refractivity contribution is 5.63. The van der Waals surface area contributed by atoms with E-state index in [1.165, 1.54) is 11.1 Å². The van der Waals surface area contributed by atoms with E-state index in [0.29, 0.717) is 5.92 Å². The van der Waals surface area contributed by atoms with Gasteiger partial charge in [-0.3, -0.25) is 0 Å². The minimum Gasteiger partial charge on any atom is -0.496 e. The van der Waals surface area contributed by atoms with Crippen LogP contribution >= 0.6 is 0 Å². The molecular formula is C16H16O2. The Hall–Kier alpha value is -1.44. The SMILES string of the molecule is COc1ccc(OC)c2c1[C@@H]1[C@@H]3C=C[C@@H]3[C@@H]3[C@@H]2[C@H]13. The molecule has 0 saturated heterocycles. The highest BCUT2D eigenvalue weighted by Gasteiger charge is 2.73. The standard InChI is InChI=1S/C16H16O2/c1-17-9-5-6-10(18-2)14-13(9)11-7-3-4-8(7)12-15(11)16(12)14/h3-8,11-12,15-16H,1-2H3/t7-,8+,11+,12+,15-,16+/m1/s1. The van der Waals surface area contributed by atoms with Crippen LogP contribution in [0.4, 0.5) is 0 Å². The van der Waals surface area contributed by atoms with Crippen LogP contribution in [0.2, 0.25) is 0 Å². The summed E-state index contributed by atoms with van der Waals surface area (Å²) in [6.45, 7) is 0. The van der Waals surface area contributed by atoms with Crippen LogP contribution in [0.25, 0.3) is 0 Å². The van der Waals surface area contributed by atoms with Crippen LogP contribution in [0, 0.1) is 23.7 Å². The first-order chi connectivity index (χ1) is 8.86. The third-order valence-electron chi connectivity index (χ3n) is 5.72. The molecule has 0 radical (unpaired) electrons. The topological polar surface area (TPSA) is 18.5 Å². The van der Waals surface area contributed by atoms with E-state index in [1.54, 1.807) is 14.2 Å². The van der Waals surface area contributed by atoms with Gasteiger partial charge in [-0.25, -0.2) is 0 Å². The lowest BCUT2D eigenvalue weighted by molar-refractivity contribution is 0.378. The molecule has 2 saturated carbocycles. The normalized spacial score (nSPS) is 43.9. The van der Waals surface area contributed by atoms with E-state index in [0.717, 1.165) is 41.1 Å². The summed E-state index contributed by atoms with van der Waals surface area (Å²) >= 11 is 0. The predicted molar refractivity (Wildman–Crippen MR) is 68.1 cm³/mol. The summed E-state index contributed by atoms with van der Waals surface area (Å²) in [5.41, 5.74) is 2.92. The average molecular weight is 240 g/mol. The number of rotatable bonds is 2. The van der Waals surface area contributed by atoms with Crippen molar-refractivity contribution >= 4 is 0 Å². The number of allylic oxidation sites excluding steroid dienone is 2. The van der Waals surface area contributed by atoms with Crippen LogP contribution in [0.3, 0.4) is 0 Å². The van der Waals surface area contributed by atoms with E-state index in [2.05, 4.69) is 24.3 Å². The second kappa shape index (κ2) is 2.76. The molecule has 0 unspecified atom stereocenters. The lowest BCUT2D eigenvalue weighted by Crippen LogP contribution is -2.20. The molecule has 0 aromatic heterocycles. The minimum absolute atomic E-state index is 0.704. The fraction of sp³-hybridized carbons (Fsp3) is 0.500. The molecule has 6 atom stereocenters. The molecule has 0 N–H and O–H groups in total. The number of hydrogen-bond acceptors (Lipinski definition) is 2. The summed E-state index contributed by atoms with van der Waals surface area (Å²) in [4.78, 5) is 0. The summed E-state index contributed by atoms with van der Waals surface area (Å²) in [5.74, 6) is 6.99. The first kappa shape index (κ1) is 9.48. The van der Waals surface area contributed by atoms with Gasteiger partial charge in [-0.05, 0) is 47.6 Å². The fourth-order valence-electron chi connectivity index (χ4n) is 5.10. The Morgan fingerprint density at radius 2 is 1.39 bits per heavy atom. The largest absolute Gasteiger partial charge is 0.496 e. The van der Waals surface area contributed by atoms with Gasteiger partial charge in [0, 0.05) is 11.1 Å². The van der Waals surface area contributed by atoms with Gasteiger partial charge in [-0.1, -0.05) is 12.2 Å². The number of benzene rings is 1. The number of methoxy groups -OCH3 is 2. The Kier molecular flexibility index (Phi) is 1.46. The van der Waals surface area contributed by atoms with Gasteiger partial charge in [-0.15, -0.1) is 0 Å². The van der Waals surface area contributed by atoms with Crippen LogP contribution < -0.4 is 9.47 Å². The third-order valence-corrected chi connectivity index (χ3v) is 5.72. The maximum absolute atomic E-state index is 5.60. The molecular weight excluding hydrogens is 224 g/mol. The van der Waals surface area contributed by atoms with E-state index in [1.807, 2.05) is 0 Å². The van der Waals surface area contributed by atoms with Gasteiger partial charge >= 0.3 is 0 Å². The van der Waals surface area contributed by atoms with Gasteiger partial charge < -0.3 is 9.47 Å². The van der Waals surface area contributed by atoms with Gasteiger partial charge in [0.15, 0.2) is 0 Å². The molecule has 4 aliphatic carbocycles. The molecule has 0 bridgehead atoms. The Balaban J connectivity index is 1.77. The summed E-state index contributed by atoms with van der Waals surface area (Å²) in [7, 11) is 3.57. The maximum Gasteiger partial charge on any atom is 0.122 e. The molecule has 0 aliphatic heterocycles. The van der Waals surface area contributed by atoms with Crippen LogP contribution in [-0.2, 0) is 0 Å². The minimum atomic E-state index is 0.704. The average Bonchev–Trinajstić information content (AvgIpc) is 2.89. The quantitative estimate of drug-likeness (QED) is 0.740. The zero-order valence-electron chi connectivity index (χ0n) is 10.6. The molecule has 5 rings (SSSR count). The van der Waals surface area contributed by atoms with Crippen LogP contribution in [-0.4, -0.2) is 14.2 Å². The fourth-order valence-corrected chi connectivity index (χ4v) is 5.10. The lowest BCUT2D eigenvalue weighted by atomic mass is 9.76. The van der Waals surface area contributed by atoms with Crippen molar-refractivity contribution < 1.29 is 9.47 Å². The van der Waals surface area contributed by atoms with Crippen molar-refractivity contribution in [3.05, 3.63) is 35.4 Å². The molecule has 2 fully saturated rings. The summed E-state index contributed by atoms with van der Waals surface area (Å²) in [6, 6.07) is 4.15. The summed E-state index contributed by atoms with van der Waals surface area (Å²) < 4.78 is 11.2. The van der Waals surface area contributed by atoms with Crippen LogP contribution in [0.1, 0.15) is 23.0 Å². The molecule has 1 aromatic carbocycles. The number of ether oxygens (including phenoxy) is 2. The second-order valence-corrected chi connectivity index (χ2v) is 6.04. The Morgan fingerprint density at radius 1 is 0.778 bits per heavy atom. The molecule has 0 spiro atoms. The molecule has 0 heterocycles. The molecule has 2 nitrogen and oxygen atoms in total. The second-order valence-electron chi connectivity index (χ2n) is 6.04. The lowest BCUT2D eigenvalue weighted by Gasteiger charge is -2.29. The third kappa shape index (κ3) is 0.781. The molecule has 92 valence electrons. The molecule has 0 amide bonds. The van der Waals surface area contributed by atoms with Crippen molar-refractivity contribution in [3.8, 4) is 11.5 Å². The van der Waals surface area contributed by atoms with Crippen LogP contribution in [0.15, 0.2) is 24.3 Å². The smallest absolute Gasteiger partial charge is 0.122 e. The van der Waals surface area contributed by atoms with E-state index in [-0.39, 0.29) is 0 Å². The Labute approximate surface area is 107 Å². The van der Waals surface area contributed by atoms with E-state index in [9.17, 15) is 0 Å². The van der Waals surface area contributed by atoms with Crippen LogP contribution in [0.5, 0.6) is 11.5 Å². The zero-order chi connectivity index (χ0) is 12.0. The molecule has 18 heavy (non-hydrogen) atoms. The van der Waals surface area contributed by atoms with E-state index in [4.69, 9.17) is 9.47 Å². The Morgan fingerprint density at radius 3 is 1.94 bits per heavy atom. The van der Waals surface area contributed by atoms with Gasteiger partial charge in [0.05, 0.1) is 14.2 Å². The summed E-state index contributed by atoms with van der Waals surface area (Å²) in [5, 5.41) is 0. The molecule has 2 heteroatoms. The van der Waals surface area contributed by atoms with Crippen molar-refractivity contribution in [2.45, 2.75) is 11.8 Å². The highest BCUT2D eigenvalue weighted by atomic mass is 16.5. The molecule has 4 aliphatic rings. The summed E-state index contributed by atoms with van der Waals surface area (Å²) in [6.07, 6.45) is 4.83. The predicted octanol–water partition coefficient (Wildman–Crippen LogP) is 2.95. The van der Waals surface area contributed by atoms with Gasteiger partial charge in [-0.2, -0.15) is 0 Å². The van der Waals surface area contributed by atoms with Crippen molar-refractivity contribution in [2.24, 2.45) is 23.7 Å². The molecule has 1 aromatic rings. The highest BCUT2D eigenvalue weighted by Crippen LogP contribution is 2.81. The first-order valence-electron chi connectivity index (χ1n) is 6.80. The zero-order valence-corrected chi connectivity index (χ0v) is 10.6. The van der Waals surface area contributed by atoms with Crippen molar-refractivity contribution in [2.75, 3.05) is 14.2 Å². The van der Waals surface area contributed by atoms with Crippen molar-refractivity contribution in [1.82, 2.24) is 0 Å². The van der Waals surface area contributed by atoms with Crippen molar-refractivity contribution in [3.63, 3.8) is 0 Å². The maximum atomic E-state index is 5.60. The first-order valence-corrected chi connectivity index (χ1v) is 6.80. The van der Waals surface area contributed by atoms with Crippen molar-refractivity contribution in [1.29, 1.82) is 0 Å². The van der Waals surface area contributed by atoms with Gasteiger partial charge in [0.2, 0.25) is 0 Å². The van der Waals surface area contributed by atoms with Gasteiger partial charge in [0.25, 0.3) is 0 Å². The Bertz CT molecular complexity index is 589. The number of fused-ring (bicyclic) bond motifs is 7. The monoisotopic (exact) mass is 240 g/mol. The number of hydrogen-bond donors (Lipinski definition) is 0. The van der Waals surface area contributed by atoms with Gasteiger partial charge in [0.1, 0.15) is 11.5 Å². The van der Waals surface area contributed by atoms with E-state index < -0.39 is 0 Å². The van der Waals surface area contributed by atoms with E-state index >= 15 is 0 Å².